The van der Waals surface area contributed by atoms with Crippen molar-refractivity contribution in [2.24, 2.45) is 0 Å². The number of pyridine rings is 1. The molecule has 3 aromatic carbocycles. The second-order valence-electron chi connectivity index (χ2n) is 9.14. The Morgan fingerprint density at radius 3 is 2.27 bits per heavy atom. The Morgan fingerprint density at radius 2 is 1.57 bits per heavy atom. The predicted octanol–water partition coefficient (Wildman–Crippen LogP) is 5.09. The van der Waals surface area contributed by atoms with Crippen LogP contribution in [0.3, 0.4) is 0 Å². The first-order valence-electron chi connectivity index (χ1n) is 12.0. The van der Waals surface area contributed by atoms with Crippen molar-refractivity contribution in [3.05, 3.63) is 125 Å². The molecule has 0 spiro atoms. The maximum Gasteiger partial charge on any atom is 0.272 e. The van der Waals surface area contributed by atoms with Crippen molar-refractivity contribution in [3.63, 3.8) is 0 Å². The summed E-state index contributed by atoms with van der Waals surface area (Å²) in [6, 6.07) is 25.4. The summed E-state index contributed by atoms with van der Waals surface area (Å²) in [5.74, 6) is 0.470. The Kier molecular flexibility index (Phi) is 5.39. The number of carbonyl (C=O) groups excluding carboxylic acids is 1. The minimum atomic E-state index is -1.67. The number of aromatic amines is 1. The molecule has 0 atom stereocenters. The van der Waals surface area contributed by atoms with Gasteiger partial charge in [0.1, 0.15) is 16.9 Å². The maximum atomic E-state index is 13.8. The highest BCUT2D eigenvalue weighted by molar-refractivity contribution is 6.15. The van der Waals surface area contributed by atoms with Crippen LogP contribution in [0.5, 0.6) is 5.75 Å². The molecule has 6 rings (SSSR count). The fraction of sp³-hybridized carbons (Fsp3) is 0.0968. The molecule has 0 saturated heterocycles. The van der Waals surface area contributed by atoms with Gasteiger partial charge in [-0.3, -0.25) is 9.59 Å². The number of allylic oxidation sites excluding steroid dienone is 2. The van der Waals surface area contributed by atoms with Crippen LogP contribution in [0.15, 0.2) is 108 Å². The summed E-state index contributed by atoms with van der Waals surface area (Å²) in [5, 5.41) is 13.3. The number of benzene rings is 3. The smallest absolute Gasteiger partial charge is 0.272 e. The summed E-state index contributed by atoms with van der Waals surface area (Å²) < 4.78 is 7.38. The molecule has 2 heterocycles. The lowest BCUT2D eigenvalue weighted by atomic mass is 9.86. The number of para-hydroxylation sites is 1. The number of H-pyrrole nitrogens is 1. The average molecular weight is 489 g/mol. The highest BCUT2D eigenvalue weighted by atomic mass is 16.5. The maximum absolute atomic E-state index is 13.8. The first-order valence-corrected chi connectivity index (χ1v) is 12.0. The number of methoxy groups -OCH3 is 1. The number of ether oxygens (including phenoxy) is 1. The highest BCUT2D eigenvalue weighted by Crippen LogP contribution is 2.42. The molecule has 0 aliphatic heterocycles. The van der Waals surface area contributed by atoms with Crippen LogP contribution in [-0.2, 0) is 16.9 Å². The second kappa shape index (κ2) is 8.76. The summed E-state index contributed by atoms with van der Waals surface area (Å²) >= 11 is 0. The zero-order valence-corrected chi connectivity index (χ0v) is 20.1. The topological polar surface area (TPSA) is 84.3 Å². The zero-order valence-electron chi connectivity index (χ0n) is 20.1. The summed E-state index contributed by atoms with van der Waals surface area (Å²) in [7, 11) is 1.60. The number of nitrogens with zero attached hydrogens (tertiary/aromatic N) is 1. The number of carbonyl (C=O) groups is 1. The molecule has 6 nitrogen and oxygen atoms in total. The van der Waals surface area contributed by atoms with Crippen molar-refractivity contribution < 1.29 is 14.6 Å². The molecular formula is C31H24N2O4. The van der Waals surface area contributed by atoms with Gasteiger partial charge in [0.25, 0.3) is 5.56 Å². The molecule has 0 saturated carbocycles. The van der Waals surface area contributed by atoms with Gasteiger partial charge in [-0.1, -0.05) is 60.7 Å². The van der Waals surface area contributed by atoms with Crippen molar-refractivity contribution in [2.75, 3.05) is 7.11 Å². The van der Waals surface area contributed by atoms with E-state index in [1.165, 1.54) is 24.3 Å². The van der Waals surface area contributed by atoms with Gasteiger partial charge >= 0.3 is 0 Å². The molecule has 37 heavy (non-hydrogen) atoms. The number of aliphatic hydroxyl groups is 1. The molecule has 0 fully saturated rings. The minimum Gasteiger partial charge on any atom is -0.497 e. The van der Waals surface area contributed by atoms with Gasteiger partial charge < -0.3 is 19.4 Å². The Hall–Kier alpha value is -4.68. The van der Waals surface area contributed by atoms with Gasteiger partial charge in [0.05, 0.1) is 12.8 Å². The summed E-state index contributed by atoms with van der Waals surface area (Å²) in [5.41, 5.74) is 2.30. The van der Waals surface area contributed by atoms with Crippen molar-refractivity contribution in [1.82, 2.24) is 9.55 Å². The molecule has 1 aliphatic rings. The first-order chi connectivity index (χ1) is 18.0. The normalized spacial score (nSPS) is 14.5. The van der Waals surface area contributed by atoms with E-state index in [0.29, 0.717) is 29.1 Å². The zero-order chi connectivity index (χ0) is 25.6. The molecule has 0 unspecified atom stereocenters. The Labute approximate surface area is 212 Å². The fourth-order valence-electron chi connectivity index (χ4n) is 5.13. The van der Waals surface area contributed by atoms with Crippen LogP contribution in [0.25, 0.3) is 32.9 Å². The molecule has 0 radical (unpaired) electrons. The van der Waals surface area contributed by atoms with Crippen LogP contribution in [-0.4, -0.2) is 27.6 Å². The van der Waals surface area contributed by atoms with Gasteiger partial charge in [0, 0.05) is 28.4 Å². The third-order valence-corrected chi connectivity index (χ3v) is 6.89. The standard InChI is InChI=1S/C31H24N2O4/c1-37-23-13-11-21(12-14-23)26-27-24-9-5-6-10-25(24)33(19-20-7-3-2-4-8-20)28(27)30(35)32-29(26)31(36)17-15-22(34)16-18-31/h2-18,36H,19H2,1H3,(H,32,35). The van der Waals surface area contributed by atoms with E-state index in [4.69, 9.17) is 4.74 Å². The lowest BCUT2D eigenvalue weighted by Crippen LogP contribution is -2.29. The van der Waals surface area contributed by atoms with E-state index >= 15 is 0 Å². The van der Waals surface area contributed by atoms with Gasteiger partial charge in [0.15, 0.2) is 5.78 Å². The molecule has 182 valence electrons. The third-order valence-electron chi connectivity index (χ3n) is 6.89. The van der Waals surface area contributed by atoms with Gasteiger partial charge in [0.2, 0.25) is 0 Å². The van der Waals surface area contributed by atoms with Crippen LogP contribution in [0.2, 0.25) is 0 Å². The molecule has 5 aromatic rings. The number of hydrogen-bond acceptors (Lipinski definition) is 4. The van der Waals surface area contributed by atoms with Gasteiger partial charge in [-0.2, -0.15) is 0 Å². The largest absolute Gasteiger partial charge is 0.497 e. The first kappa shape index (κ1) is 22.8. The number of fused-ring (bicyclic) bond motifs is 3. The molecule has 0 amide bonds. The molecule has 1 aliphatic carbocycles. The average Bonchev–Trinajstić information content (AvgIpc) is 3.26. The SMILES string of the molecule is COc1ccc(-c2c(C3(O)C=CC(=O)C=C3)[nH]c(=O)c3c2c2ccccc2n3Cc2ccccc2)cc1. The number of rotatable bonds is 5. The van der Waals surface area contributed by atoms with E-state index in [0.717, 1.165) is 27.4 Å². The Balaban J connectivity index is 1.74. The lowest BCUT2D eigenvalue weighted by Gasteiger charge is -2.26. The van der Waals surface area contributed by atoms with E-state index in [2.05, 4.69) is 4.98 Å². The summed E-state index contributed by atoms with van der Waals surface area (Å²) in [6.45, 7) is 0.508. The quantitative estimate of drug-likeness (QED) is 0.361. The van der Waals surface area contributed by atoms with Gasteiger partial charge in [-0.25, -0.2) is 0 Å². The molecular weight excluding hydrogens is 464 g/mol. The number of hydrogen-bond donors (Lipinski definition) is 2. The third kappa shape index (κ3) is 3.79. The van der Waals surface area contributed by atoms with Crippen LogP contribution in [0, 0.1) is 0 Å². The van der Waals surface area contributed by atoms with E-state index < -0.39 is 5.60 Å². The van der Waals surface area contributed by atoms with E-state index in [1.54, 1.807) is 7.11 Å². The summed E-state index contributed by atoms with van der Waals surface area (Å²) in [4.78, 5) is 28.6. The molecule has 2 N–H and O–H groups in total. The molecule has 6 heteroatoms. The van der Waals surface area contributed by atoms with Gasteiger partial charge in [-0.15, -0.1) is 0 Å². The van der Waals surface area contributed by atoms with Gasteiger partial charge in [-0.05, 0) is 53.6 Å². The Bertz CT molecular complexity index is 1760. The molecule has 0 bridgehead atoms. The van der Waals surface area contributed by atoms with Crippen LogP contribution in [0.4, 0.5) is 0 Å². The van der Waals surface area contributed by atoms with E-state index in [9.17, 15) is 14.7 Å². The number of nitrogens with one attached hydrogen (secondary N) is 1. The number of aromatic nitrogens is 2. The Morgan fingerprint density at radius 1 is 0.892 bits per heavy atom. The lowest BCUT2D eigenvalue weighted by molar-refractivity contribution is -0.110. The second-order valence-corrected chi connectivity index (χ2v) is 9.14. The monoisotopic (exact) mass is 488 g/mol. The summed E-state index contributed by atoms with van der Waals surface area (Å²) in [6.07, 6.45) is 5.48. The van der Waals surface area contributed by atoms with Crippen LogP contribution < -0.4 is 10.3 Å². The minimum absolute atomic E-state index is 0.224. The number of ketones is 1. The highest BCUT2D eigenvalue weighted by Gasteiger charge is 2.33. The van der Waals surface area contributed by atoms with E-state index in [-0.39, 0.29) is 11.3 Å². The fourth-order valence-corrected chi connectivity index (χ4v) is 5.13. The van der Waals surface area contributed by atoms with E-state index in [1.807, 2.05) is 83.4 Å². The van der Waals surface area contributed by atoms with Crippen molar-refractivity contribution in [1.29, 1.82) is 0 Å². The van der Waals surface area contributed by atoms with Crippen molar-refractivity contribution >= 4 is 27.6 Å². The van der Waals surface area contributed by atoms with Crippen molar-refractivity contribution in [3.8, 4) is 16.9 Å². The van der Waals surface area contributed by atoms with Crippen LogP contribution >= 0.6 is 0 Å². The molecule has 2 aromatic heterocycles. The predicted molar refractivity (Wildman–Crippen MR) is 145 cm³/mol. The van der Waals surface area contributed by atoms with Crippen molar-refractivity contribution in [2.45, 2.75) is 12.1 Å². The van der Waals surface area contributed by atoms with Crippen LogP contribution in [0.1, 0.15) is 11.3 Å².